The molecule has 0 aromatic carbocycles. The Morgan fingerprint density at radius 2 is 2.46 bits per heavy atom. The molecule has 1 unspecified atom stereocenters. The maximum absolute atomic E-state index is 10.4. The first-order chi connectivity index (χ1) is 6.11. The van der Waals surface area contributed by atoms with Crippen molar-refractivity contribution in [1.29, 1.82) is 0 Å². The van der Waals surface area contributed by atoms with Crippen LogP contribution in [0, 0.1) is 0 Å². The van der Waals surface area contributed by atoms with E-state index < -0.39 is 5.97 Å². The standard InChI is InChI=1S/C9H13NO2S/c1-7(8-3-4-13-6-8)10(2)5-9(11)12/h3-4,6-7H,5H2,1-2H3,(H,11,12). The summed E-state index contributed by atoms with van der Waals surface area (Å²) in [7, 11) is 1.82. The lowest BCUT2D eigenvalue weighted by Crippen LogP contribution is -2.28. The minimum Gasteiger partial charge on any atom is -0.480 e. The Labute approximate surface area is 81.6 Å². The molecular formula is C9H13NO2S. The number of likely N-dealkylation sites (N-methyl/N-ethyl adjacent to an activating group) is 1. The third-order valence-corrected chi connectivity index (χ3v) is 2.77. The van der Waals surface area contributed by atoms with Crippen LogP contribution in [0.1, 0.15) is 18.5 Å². The van der Waals surface area contributed by atoms with E-state index in [9.17, 15) is 4.79 Å². The van der Waals surface area contributed by atoms with E-state index in [0.29, 0.717) is 0 Å². The number of aliphatic carboxylic acids is 1. The molecule has 0 saturated heterocycles. The second kappa shape index (κ2) is 4.39. The number of thiophene rings is 1. The number of carboxylic acids is 1. The van der Waals surface area contributed by atoms with Crippen LogP contribution in [0.4, 0.5) is 0 Å². The predicted molar refractivity (Wildman–Crippen MR) is 53.0 cm³/mol. The summed E-state index contributed by atoms with van der Waals surface area (Å²) in [6.45, 7) is 2.09. The van der Waals surface area contributed by atoms with Crippen molar-refractivity contribution in [2.45, 2.75) is 13.0 Å². The number of hydrogen-bond acceptors (Lipinski definition) is 3. The van der Waals surface area contributed by atoms with Crippen molar-refractivity contribution < 1.29 is 9.90 Å². The average molecular weight is 199 g/mol. The smallest absolute Gasteiger partial charge is 0.317 e. The first kappa shape index (κ1) is 10.2. The van der Waals surface area contributed by atoms with Gasteiger partial charge in [0.15, 0.2) is 0 Å². The molecule has 0 saturated carbocycles. The highest BCUT2D eigenvalue weighted by Gasteiger charge is 2.13. The summed E-state index contributed by atoms with van der Waals surface area (Å²) in [5.41, 5.74) is 1.17. The summed E-state index contributed by atoms with van der Waals surface area (Å²) in [6.07, 6.45) is 0. The van der Waals surface area contributed by atoms with Crippen molar-refractivity contribution in [2.24, 2.45) is 0 Å². The number of carboxylic acid groups (broad SMARTS) is 1. The van der Waals surface area contributed by atoms with Gasteiger partial charge >= 0.3 is 5.97 Å². The fraction of sp³-hybridized carbons (Fsp3) is 0.444. The Hall–Kier alpha value is -0.870. The third kappa shape index (κ3) is 2.82. The summed E-state index contributed by atoms with van der Waals surface area (Å²) < 4.78 is 0. The molecular weight excluding hydrogens is 186 g/mol. The van der Waals surface area contributed by atoms with E-state index in [1.807, 2.05) is 35.7 Å². The lowest BCUT2D eigenvalue weighted by molar-refractivity contribution is -0.138. The fourth-order valence-corrected chi connectivity index (χ4v) is 1.86. The molecule has 0 radical (unpaired) electrons. The average Bonchev–Trinajstić information content (AvgIpc) is 2.53. The molecule has 1 aromatic rings. The SMILES string of the molecule is CC(c1ccsc1)N(C)CC(=O)O. The molecule has 0 aliphatic heterocycles. The molecule has 0 fully saturated rings. The molecule has 1 rings (SSSR count). The Kier molecular flexibility index (Phi) is 3.45. The van der Waals surface area contributed by atoms with E-state index in [1.165, 1.54) is 5.56 Å². The number of hydrogen-bond donors (Lipinski definition) is 1. The minimum absolute atomic E-state index is 0.0804. The molecule has 1 aromatic heterocycles. The van der Waals surface area contributed by atoms with Crippen molar-refractivity contribution in [3.05, 3.63) is 22.4 Å². The van der Waals surface area contributed by atoms with Gasteiger partial charge in [-0.3, -0.25) is 9.69 Å². The first-order valence-electron chi connectivity index (χ1n) is 4.05. The van der Waals surface area contributed by atoms with Crippen LogP contribution in [0.2, 0.25) is 0 Å². The molecule has 1 N–H and O–H groups in total. The van der Waals surface area contributed by atoms with E-state index in [0.717, 1.165) is 0 Å². The van der Waals surface area contributed by atoms with Crippen LogP contribution in [0.15, 0.2) is 16.8 Å². The Morgan fingerprint density at radius 1 is 1.77 bits per heavy atom. The number of nitrogens with zero attached hydrogens (tertiary/aromatic N) is 1. The van der Waals surface area contributed by atoms with E-state index in [1.54, 1.807) is 11.3 Å². The lowest BCUT2D eigenvalue weighted by Gasteiger charge is -2.21. The summed E-state index contributed by atoms with van der Waals surface area (Å²) in [4.78, 5) is 12.3. The van der Waals surface area contributed by atoms with Crippen LogP contribution in [0.3, 0.4) is 0 Å². The molecule has 3 nitrogen and oxygen atoms in total. The first-order valence-corrected chi connectivity index (χ1v) is 4.99. The summed E-state index contributed by atoms with van der Waals surface area (Å²) in [5, 5.41) is 12.6. The zero-order chi connectivity index (χ0) is 9.84. The van der Waals surface area contributed by atoms with Gasteiger partial charge in [-0.1, -0.05) is 0 Å². The molecule has 4 heteroatoms. The van der Waals surface area contributed by atoms with Crippen molar-refractivity contribution in [3.8, 4) is 0 Å². The monoisotopic (exact) mass is 199 g/mol. The quantitative estimate of drug-likeness (QED) is 0.804. The molecule has 1 atom stereocenters. The normalized spacial score (nSPS) is 13.2. The number of rotatable bonds is 4. The van der Waals surface area contributed by atoms with E-state index in [2.05, 4.69) is 0 Å². The van der Waals surface area contributed by atoms with Crippen LogP contribution in [0.25, 0.3) is 0 Å². The molecule has 0 aliphatic rings. The molecule has 0 aliphatic carbocycles. The van der Waals surface area contributed by atoms with Crippen molar-refractivity contribution >= 4 is 17.3 Å². The second-order valence-electron chi connectivity index (χ2n) is 3.04. The van der Waals surface area contributed by atoms with Crippen LogP contribution in [0.5, 0.6) is 0 Å². The lowest BCUT2D eigenvalue weighted by atomic mass is 10.1. The molecule has 0 amide bonds. The van der Waals surface area contributed by atoms with Gasteiger partial charge in [0.1, 0.15) is 0 Å². The van der Waals surface area contributed by atoms with Gasteiger partial charge in [-0.15, -0.1) is 0 Å². The van der Waals surface area contributed by atoms with Gasteiger partial charge in [0.05, 0.1) is 6.54 Å². The van der Waals surface area contributed by atoms with E-state index >= 15 is 0 Å². The summed E-state index contributed by atoms with van der Waals surface area (Å²) in [5.74, 6) is -0.787. The van der Waals surface area contributed by atoms with Crippen molar-refractivity contribution in [2.75, 3.05) is 13.6 Å². The van der Waals surface area contributed by atoms with Gasteiger partial charge in [0.25, 0.3) is 0 Å². The van der Waals surface area contributed by atoms with Crippen LogP contribution in [-0.2, 0) is 4.79 Å². The van der Waals surface area contributed by atoms with Crippen LogP contribution < -0.4 is 0 Å². The molecule has 1 heterocycles. The van der Waals surface area contributed by atoms with Crippen LogP contribution in [-0.4, -0.2) is 29.6 Å². The maximum Gasteiger partial charge on any atom is 0.317 e. The Bertz CT molecular complexity index is 271. The highest BCUT2D eigenvalue weighted by Crippen LogP contribution is 2.20. The largest absolute Gasteiger partial charge is 0.480 e. The Balaban J connectivity index is 2.57. The maximum atomic E-state index is 10.4. The minimum atomic E-state index is -0.787. The van der Waals surface area contributed by atoms with E-state index in [4.69, 9.17) is 5.11 Å². The van der Waals surface area contributed by atoms with Crippen molar-refractivity contribution in [1.82, 2.24) is 4.90 Å². The number of carbonyl (C=O) groups is 1. The van der Waals surface area contributed by atoms with Gasteiger partial charge in [-0.05, 0) is 36.4 Å². The van der Waals surface area contributed by atoms with Gasteiger partial charge < -0.3 is 5.11 Å². The molecule has 0 bridgehead atoms. The van der Waals surface area contributed by atoms with Gasteiger partial charge in [0.2, 0.25) is 0 Å². The fourth-order valence-electron chi connectivity index (χ4n) is 1.12. The van der Waals surface area contributed by atoms with Crippen LogP contribution >= 0.6 is 11.3 Å². The molecule has 72 valence electrons. The highest BCUT2D eigenvalue weighted by atomic mass is 32.1. The zero-order valence-electron chi connectivity index (χ0n) is 7.73. The topological polar surface area (TPSA) is 40.5 Å². The second-order valence-corrected chi connectivity index (χ2v) is 3.82. The van der Waals surface area contributed by atoms with Gasteiger partial charge in [0, 0.05) is 6.04 Å². The van der Waals surface area contributed by atoms with Gasteiger partial charge in [-0.2, -0.15) is 11.3 Å². The zero-order valence-corrected chi connectivity index (χ0v) is 8.54. The highest BCUT2D eigenvalue weighted by molar-refractivity contribution is 7.07. The predicted octanol–water partition coefficient (Wildman–Crippen LogP) is 1.83. The summed E-state index contributed by atoms with van der Waals surface area (Å²) >= 11 is 1.63. The van der Waals surface area contributed by atoms with E-state index in [-0.39, 0.29) is 12.6 Å². The molecule has 13 heavy (non-hydrogen) atoms. The van der Waals surface area contributed by atoms with Gasteiger partial charge in [-0.25, -0.2) is 0 Å². The summed E-state index contributed by atoms with van der Waals surface area (Å²) in [6, 6.07) is 2.19. The van der Waals surface area contributed by atoms with Crippen molar-refractivity contribution in [3.63, 3.8) is 0 Å². The third-order valence-electron chi connectivity index (χ3n) is 2.07. The molecule has 0 spiro atoms. The Morgan fingerprint density at radius 3 is 2.92 bits per heavy atom.